The lowest BCUT2D eigenvalue weighted by Gasteiger charge is -2.37. The second kappa shape index (κ2) is 34.6. The quantitative estimate of drug-likeness (QED) is 0.00846. The van der Waals surface area contributed by atoms with Gasteiger partial charge >= 0.3 is 23.9 Å². The largest absolute Gasteiger partial charge is 0.505 e. The number of hydrogen-bond donors (Lipinski definition) is 8. The number of Topliss-reactive ketones (excluding diaryl/α,β-unsaturated/α-hetero) is 1. The van der Waals surface area contributed by atoms with E-state index in [1.54, 1.807) is 76.1 Å². The smallest absolute Gasteiger partial charge is 0.410 e. The molecule has 4 aliphatic rings. The molecule has 5 heterocycles. The molecular weight excluding hydrogens is 1370 g/mol. The number of phenolic OH excluding ortho intramolecular Hbond substituents is 1. The van der Waals surface area contributed by atoms with Gasteiger partial charge in [-0.05, 0) is 131 Å². The van der Waals surface area contributed by atoms with E-state index in [0.717, 1.165) is 23.3 Å². The summed E-state index contributed by atoms with van der Waals surface area (Å²) in [6, 6.07) is 9.26. The van der Waals surface area contributed by atoms with Crippen LogP contribution in [0.3, 0.4) is 0 Å². The number of amides is 9. The maximum absolute atomic E-state index is 15.0. The van der Waals surface area contributed by atoms with Gasteiger partial charge < -0.3 is 71.3 Å². The van der Waals surface area contributed by atoms with Gasteiger partial charge in [0.1, 0.15) is 36.2 Å². The number of aliphatic hydroxyl groups excluding tert-OH is 1. The van der Waals surface area contributed by atoms with Crippen LogP contribution in [0.4, 0.5) is 26.7 Å². The SMILES string of the molecule is CC(=O)O[C@@H]1[C@H](C)[C@@H](O)/C=C/O[C@@]2(C)Oc3c(C)c(=O)c4c(O)c(c5sc6cc(N7CCC(N(C)C(=O)OCc8ccc(NC(=O)[C@H](CCCNC(N)=O)NC(=O)[C@@H](NC(=O)CCCCCN9C(=O)C=CC9=O)C(C)C)cc8)CC7)ccc6nc5c4c3C2=O)NC(=O)/C(C)=C\C=C\[C@H](C)C[C@@H](C)C[C@H]1C. The fourth-order valence-electron chi connectivity index (χ4n) is 13.9. The molecule has 9 rings (SSSR count). The number of aliphatic hydroxyl groups is 1. The van der Waals surface area contributed by atoms with Crippen molar-refractivity contribution in [3.63, 3.8) is 0 Å². The number of aromatic hydroxyl groups is 1. The molecule has 4 aromatic carbocycles. The number of rotatable bonds is 21. The number of urea groups is 1. The zero-order valence-electron chi connectivity index (χ0n) is 61.3. The van der Waals surface area contributed by atoms with Gasteiger partial charge in [-0.2, -0.15) is 0 Å². The molecule has 1 aromatic heterocycles. The molecule has 9 atom stereocenters. The molecule has 562 valence electrons. The van der Waals surface area contributed by atoms with Crippen LogP contribution in [0.5, 0.6) is 11.5 Å². The first-order valence-corrected chi connectivity index (χ1v) is 36.6. The minimum atomic E-state index is -2.07. The maximum Gasteiger partial charge on any atom is 0.410 e. The van der Waals surface area contributed by atoms with E-state index in [-0.39, 0.29) is 136 Å². The molecule has 9 amide bonds. The predicted molar refractivity (Wildman–Crippen MR) is 398 cm³/mol. The van der Waals surface area contributed by atoms with Crippen LogP contribution in [0.25, 0.3) is 31.2 Å². The lowest BCUT2D eigenvalue weighted by Crippen LogP contribution is -2.54. The molecule has 4 bridgehead atoms. The topological polar surface area (TPSA) is 374 Å². The van der Waals surface area contributed by atoms with Crippen molar-refractivity contribution >= 4 is 119 Å². The Balaban J connectivity index is 0.867. The fourth-order valence-corrected chi connectivity index (χ4v) is 15.0. The van der Waals surface area contributed by atoms with Gasteiger partial charge in [0.15, 0.2) is 11.2 Å². The number of nitrogens with zero attached hydrogens (tertiary/aromatic N) is 4. The van der Waals surface area contributed by atoms with E-state index in [1.165, 1.54) is 50.3 Å². The van der Waals surface area contributed by atoms with Gasteiger partial charge in [-0.1, -0.05) is 78.3 Å². The molecule has 0 radical (unpaired) electrons. The number of allylic oxidation sites excluding steroid dienone is 3. The first-order chi connectivity index (χ1) is 49.8. The first-order valence-electron chi connectivity index (χ1n) is 35.7. The molecule has 0 spiro atoms. The van der Waals surface area contributed by atoms with Crippen LogP contribution >= 0.6 is 11.3 Å². The lowest BCUT2D eigenvalue weighted by molar-refractivity contribution is -0.154. The number of unbranched alkanes of at least 4 members (excludes halogenated alkanes) is 2. The van der Waals surface area contributed by atoms with E-state index >= 15 is 0 Å². The zero-order chi connectivity index (χ0) is 76.3. The molecule has 0 aliphatic carbocycles. The van der Waals surface area contributed by atoms with Crippen molar-refractivity contribution in [2.75, 3.05) is 48.8 Å². The van der Waals surface area contributed by atoms with Gasteiger partial charge in [0.25, 0.3) is 23.5 Å². The predicted octanol–water partition coefficient (Wildman–Crippen LogP) is 9.61. The van der Waals surface area contributed by atoms with E-state index in [0.29, 0.717) is 73.1 Å². The normalized spacial score (nSPS) is 22.7. The molecule has 105 heavy (non-hydrogen) atoms. The highest BCUT2D eigenvalue weighted by Gasteiger charge is 2.50. The number of hydrogen-bond acceptors (Lipinski definition) is 20. The van der Waals surface area contributed by atoms with Crippen molar-refractivity contribution < 1.29 is 77.1 Å². The van der Waals surface area contributed by atoms with E-state index < -0.39 is 88.8 Å². The van der Waals surface area contributed by atoms with Crippen LogP contribution in [0, 0.1) is 36.5 Å². The maximum atomic E-state index is 15.0. The summed E-state index contributed by atoms with van der Waals surface area (Å²) in [7, 11) is 1.68. The Kier molecular flexibility index (Phi) is 26.0. The van der Waals surface area contributed by atoms with Crippen molar-refractivity contribution in [1.82, 2.24) is 30.7 Å². The van der Waals surface area contributed by atoms with Crippen molar-refractivity contribution in [3.8, 4) is 11.5 Å². The minimum absolute atomic E-state index is 0.00398. The highest BCUT2D eigenvalue weighted by molar-refractivity contribution is 7.25. The average Bonchev–Trinajstić information content (AvgIpc) is 1.70. The van der Waals surface area contributed by atoms with Crippen LogP contribution in [0.15, 0.2) is 95.6 Å². The Hall–Kier alpha value is -10.2. The summed E-state index contributed by atoms with van der Waals surface area (Å²) in [5.74, 6) is -7.65. The van der Waals surface area contributed by atoms with Crippen molar-refractivity contribution in [1.29, 1.82) is 0 Å². The third-order valence-corrected chi connectivity index (χ3v) is 21.0. The number of nitrogens with two attached hydrogens (primary N) is 1. The summed E-state index contributed by atoms with van der Waals surface area (Å²) in [6.07, 6.45) is 12.5. The highest BCUT2D eigenvalue weighted by atomic mass is 32.1. The van der Waals surface area contributed by atoms with Crippen LogP contribution in [-0.2, 0) is 54.4 Å². The summed E-state index contributed by atoms with van der Waals surface area (Å²) in [5.41, 5.74) is 7.14. The summed E-state index contributed by atoms with van der Waals surface area (Å²) in [6.45, 7) is 18.6. The average molecular weight is 1470 g/mol. The molecule has 27 nitrogen and oxygen atoms in total. The van der Waals surface area contributed by atoms with Crippen LogP contribution in [0.2, 0.25) is 0 Å². The zero-order valence-corrected chi connectivity index (χ0v) is 62.1. The monoisotopic (exact) mass is 1460 g/mol. The summed E-state index contributed by atoms with van der Waals surface area (Å²) in [4.78, 5) is 156. The molecule has 0 unspecified atom stereocenters. The van der Waals surface area contributed by atoms with Gasteiger partial charge in [0.2, 0.25) is 17.7 Å². The number of phenols is 1. The molecule has 0 saturated carbocycles. The first kappa shape index (κ1) is 78.9. The van der Waals surface area contributed by atoms with E-state index in [9.17, 15) is 63.0 Å². The number of piperidine rings is 1. The Morgan fingerprint density at radius 1 is 0.895 bits per heavy atom. The van der Waals surface area contributed by atoms with Gasteiger partial charge in [-0.15, -0.1) is 11.3 Å². The molecule has 5 aromatic rings. The van der Waals surface area contributed by atoms with Crippen LogP contribution in [0.1, 0.15) is 148 Å². The van der Waals surface area contributed by atoms with Crippen LogP contribution in [-0.4, -0.2) is 154 Å². The molecule has 4 aliphatic heterocycles. The number of benzene rings is 4. The Labute approximate surface area is 613 Å². The van der Waals surface area contributed by atoms with E-state index in [4.69, 9.17) is 29.7 Å². The van der Waals surface area contributed by atoms with Gasteiger partial charge in [0, 0.05) is 106 Å². The Morgan fingerprint density at radius 3 is 2.28 bits per heavy atom. The molecule has 9 N–H and O–H groups in total. The second-order valence-corrected chi connectivity index (χ2v) is 29.5. The van der Waals surface area contributed by atoms with Crippen LogP contribution < -0.4 is 47.4 Å². The summed E-state index contributed by atoms with van der Waals surface area (Å²) in [5, 5.41) is 37.5. The summed E-state index contributed by atoms with van der Waals surface area (Å²) < 4.78 is 24.8. The number of aromatic nitrogens is 1. The minimum Gasteiger partial charge on any atom is -0.505 e. The summed E-state index contributed by atoms with van der Waals surface area (Å²) >= 11 is 1.19. The highest BCUT2D eigenvalue weighted by Crippen LogP contribution is 2.50. The third kappa shape index (κ3) is 19.0. The number of imide groups is 1. The standard InChI is InChI=1S/C77H96N10O17S/c1-41(2)63(83-57(90)20-13-12-14-33-87-58(91)27-28-59(87)92)74(98)82-54(19-16-32-79-75(78)99)73(97)80-50-23-21-49(22-24-50)40-101-76(100)85(11)51-29-34-86(35-30-51)52-25-26-53-56(39-52)105-70-64(81-53)60-61-66(93)47(8)69-62(60)71(95)77(10,104-69)102-36-31-55(89)46(7)68(103-48(9)88)45(6)38-43(4)37-42(3)17-15-18-44(5)72(96)84-65(70)67(61)94/h15,17-18,21-28,31,36,39,41-43,45-46,51,54-55,63,68,89,94H,12-14,16,19-20,29-30,32-35,37-38,40H2,1-11H3,(H,80,97)(H,82,98)(H,83,90)(H,84,96)(H3,78,79,99)/b17-15+,36-31+,44-18-/t42-,43+,45+,46+,54-,55-,63-,68-,77-/m0/s1. The number of carbonyl (C=O) groups is 10. The third-order valence-electron chi connectivity index (χ3n) is 19.8. The number of nitrogens with one attached hydrogen (secondary N) is 5. The number of carbonyl (C=O) groups excluding carboxylic acids is 10. The molecule has 1 fully saturated rings. The van der Waals surface area contributed by atoms with Crippen molar-refractivity contribution in [2.45, 2.75) is 176 Å². The lowest BCUT2D eigenvalue weighted by atomic mass is 9.82. The van der Waals surface area contributed by atoms with E-state index in [2.05, 4.69) is 45.3 Å². The van der Waals surface area contributed by atoms with Gasteiger partial charge in [-0.25, -0.2) is 14.6 Å². The number of fused-ring (bicyclic) bond motifs is 2. The molecule has 1 saturated heterocycles. The number of esters is 1. The Bertz CT molecular complexity index is 4350. The molecular formula is C77H96N10O17S. The molecule has 28 heteroatoms. The fraction of sp³-hybridized carbons (Fsp3) is 0.481. The number of ketones is 1. The number of anilines is 3. The van der Waals surface area contributed by atoms with E-state index in [1.807, 2.05) is 31.2 Å². The number of primary amides is 1. The second-order valence-electron chi connectivity index (χ2n) is 28.5. The Morgan fingerprint density at radius 2 is 1.60 bits per heavy atom. The van der Waals surface area contributed by atoms with Crippen molar-refractivity contribution in [3.05, 3.63) is 118 Å². The van der Waals surface area contributed by atoms with Gasteiger partial charge in [-0.3, -0.25) is 48.1 Å². The van der Waals surface area contributed by atoms with Gasteiger partial charge in [0.05, 0.1) is 43.7 Å². The van der Waals surface area contributed by atoms with Crippen molar-refractivity contribution in [2.24, 2.45) is 35.3 Å². The number of ether oxygens (including phenoxy) is 4.